The molecule has 0 amide bonds. The van der Waals surface area contributed by atoms with E-state index in [9.17, 15) is 0 Å². The molecule has 1 heterocycles. The van der Waals surface area contributed by atoms with Crippen molar-refractivity contribution in [1.82, 2.24) is 20.4 Å². The first-order chi connectivity index (χ1) is 12.7. The van der Waals surface area contributed by atoms with E-state index in [0.717, 1.165) is 38.6 Å². The van der Waals surface area contributed by atoms with Crippen molar-refractivity contribution < 1.29 is 4.74 Å². The van der Waals surface area contributed by atoms with Crippen LogP contribution in [-0.4, -0.2) is 42.5 Å². The van der Waals surface area contributed by atoms with Gasteiger partial charge in [0.2, 0.25) is 0 Å². The molecule has 142 valence electrons. The minimum atomic E-state index is 0.682. The molecule has 2 rings (SSSR count). The van der Waals surface area contributed by atoms with Crippen molar-refractivity contribution in [2.75, 3.05) is 26.8 Å². The summed E-state index contributed by atoms with van der Waals surface area (Å²) in [7, 11) is 1.78. The third kappa shape index (κ3) is 7.70. The molecule has 0 saturated carbocycles. The lowest BCUT2D eigenvalue weighted by Gasteiger charge is -2.13. The number of ether oxygens (including phenoxy) is 1. The SMILES string of the molecule is CN=C(NCCOCCC(C)C)NCc1cccc(Cn2cccn2)c1. The maximum absolute atomic E-state index is 5.61. The molecule has 1 aromatic heterocycles. The van der Waals surface area contributed by atoms with E-state index in [1.54, 1.807) is 13.2 Å². The standard InChI is InChI=1S/C20H31N5O/c1-17(2)8-12-26-13-10-22-20(21-3)23-15-18-6-4-7-19(14-18)16-25-11-5-9-24-25/h4-7,9,11,14,17H,8,10,12-13,15-16H2,1-3H3,(H2,21,22,23). The Morgan fingerprint density at radius 1 is 1.19 bits per heavy atom. The first-order valence-corrected chi connectivity index (χ1v) is 9.25. The van der Waals surface area contributed by atoms with Crippen LogP contribution in [0.4, 0.5) is 0 Å². The normalized spacial score (nSPS) is 11.8. The fraction of sp³-hybridized carbons (Fsp3) is 0.500. The third-order valence-corrected chi connectivity index (χ3v) is 3.96. The van der Waals surface area contributed by atoms with Gasteiger partial charge in [-0.2, -0.15) is 5.10 Å². The number of aromatic nitrogens is 2. The van der Waals surface area contributed by atoms with Crippen LogP contribution in [0.1, 0.15) is 31.4 Å². The minimum Gasteiger partial charge on any atom is -0.380 e. The van der Waals surface area contributed by atoms with Gasteiger partial charge in [0.05, 0.1) is 13.2 Å². The van der Waals surface area contributed by atoms with E-state index in [1.165, 1.54) is 11.1 Å². The number of aliphatic imine (C=N–C) groups is 1. The maximum atomic E-state index is 5.61. The predicted octanol–water partition coefficient (Wildman–Crippen LogP) is 2.66. The van der Waals surface area contributed by atoms with E-state index in [1.807, 2.05) is 16.9 Å². The minimum absolute atomic E-state index is 0.682. The molecule has 0 aliphatic rings. The molecular formula is C20H31N5O. The second-order valence-corrected chi connectivity index (χ2v) is 6.67. The highest BCUT2D eigenvalue weighted by Crippen LogP contribution is 2.07. The summed E-state index contributed by atoms with van der Waals surface area (Å²) in [4.78, 5) is 4.26. The molecule has 0 radical (unpaired) electrons. The lowest BCUT2D eigenvalue weighted by molar-refractivity contribution is 0.128. The number of nitrogens with one attached hydrogen (secondary N) is 2. The average molecular weight is 358 g/mol. The Morgan fingerprint density at radius 3 is 2.77 bits per heavy atom. The number of rotatable bonds is 10. The largest absolute Gasteiger partial charge is 0.380 e. The number of benzene rings is 1. The van der Waals surface area contributed by atoms with E-state index in [4.69, 9.17) is 4.74 Å². The van der Waals surface area contributed by atoms with E-state index in [2.05, 4.69) is 58.8 Å². The molecule has 0 bridgehead atoms. The van der Waals surface area contributed by atoms with E-state index in [0.29, 0.717) is 12.5 Å². The van der Waals surface area contributed by atoms with Gasteiger partial charge in [0.1, 0.15) is 0 Å². The summed E-state index contributed by atoms with van der Waals surface area (Å²) in [5.74, 6) is 1.47. The highest BCUT2D eigenvalue weighted by atomic mass is 16.5. The first kappa shape index (κ1) is 20.0. The Morgan fingerprint density at radius 2 is 2.04 bits per heavy atom. The van der Waals surface area contributed by atoms with Crippen LogP contribution >= 0.6 is 0 Å². The second kappa shape index (κ2) is 11.3. The van der Waals surface area contributed by atoms with E-state index >= 15 is 0 Å². The van der Waals surface area contributed by atoms with Crippen LogP contribution in [0.3, 0.4) is 0 Å². The van der Waals surface area contributed by atoms with Gasteiger partial charge in [0.15, 0.2) is 5.96 Å². The second-order valence-electron chi connectivity index (χ2n) is 6.67. The maximum Gasteiger partial charge on any atom is 0.191 e. The van der Waals surface area contributed by atoms with Crippen molar-refractivity contribution in [3.63, 3.8) is 0 Å². The Labute approximate surface area is 156 Å². The summed E-state index contributed by atoms with van der Waals surface area (Å²) in [5, 5.41) is 10.9. The zero-order valence-corrected chi connectivity index (χ0v) is 16.1. The quantitative estimate of drug-likeness (QED) is 0.390. The molecule has 0 spiro atoms. The lowest BCUT2D eigenvalue weighted by Crippen LogP contribution is -2.38. The first-order valence-electron chi connectivity index (χ1n) is 9.25. The highest BCUT2D eigenvalue weighted by Gasteiger charge is 2.01. The number of hydrogen-bond acceptors (Lipinski definition) is 3. The Bertz CT molecular complexity index is 652. The molecule has 0 fully saturated rings. The van der Waals surface area contributed by atoms with E-state index in [-0.39, 0.29) is 0 Å². The van der Waals surface area contributed by atoms with Crippen LogP contribution in [0, 0.1) is 5.92 Å². The van der Waals surface area contributed by atoms with Gasteiger partial charge in [-0.15, -0.1) is 0 Å². The fourth-order valence-electron chi connectivity index (χ4n) is 2.49. The van der Waals surface area contributed by atoms with Gasteiger partial charge in [-0.05, 0) is 29.5 Å². The summed E-state index contributed by atoms with van der Waals surface area (Å²) < 4.78 is 7.54. The van der Waals surface area contributed by atoms with Crippen molar-refractivity contribution in [3.05, 3.63) is 53.9 Å². The van der Waals surface area contributed by atoms with Gasteiger partial charge in [-0.25, -0.2) is 0 Å². The van der Waals surface area contributed by atoms with E-state index < -0.39 is 0 Å². The molecule has 0 atom stereocenters. The summed E-state index contributed by atoms with van der Waals surface area (Å²) in [5.41, 5.74) is 2.44. The topological polar surface area (TPSA) is 63.5 Å². The van der Waals surface area contributed by atoms with Crippen LogP contribution in [-0.2, 0) is 17.8 Å². The van der Waals surface area contributed by atoms with Gasteiger partial charge in [0, 0.05) is 39.1 Å². The molecule has 0 unspecified atom stereocenters. The summed E-state index contributed by atoms with van der Waals surface area (Å²) in [6.45, 7) is 8.16. The monoisotopic (exact) mass is 357 g/mol. The summed E-state index contributed by atoms with van der Waals surface area (Å²) in [6.07, 6.45) is 4.87. The molecule has 1 aromatic carbocycles. The zero-order valence-electron chi connectivity index (χ0n) is 16.1. The zero-order chi connectivity index (χ0) is 18.6. The van der Waals surface area contributed by atoms with Gasteiger partial charge < -0.3 is 15.4 Å². The molecule has 0 aliphatic heterocycles. The van der Waals surface area contributed by atoms with Crippen LogP contribution in [0.5, 0.6) is 0 Å². The number of nitrogens with zero attached hydrogens (tertiary/aromatic N) is 3. The van der Waals surface area contributed by atoms with Gasteiger partial charge in [0.25, 0.3) is 0 Å². The number of guanidine groups is 1. The fourth-order valence-corrected chi connectivity index (χ4v) is 2.49. The summed E-state index contributed by atoms with van der Waals surface area (Å²) >= 11 is 0. The van der Waals surface area contributed by atoms with Gasteiger partial charge in [-0.1, -0.05) is 38.1 Å². The Hall–Kier alpha value is -2.34. The molecule has 0 aliphatic carbocycles. The van der Waals surface area contributed by atoms with Crippen molar-refractivity contribution in [2.24, 2.45) is 10.9 Å². The van der Waals surface area contributed by atoms with Crippen LogP contribution in [0.25, 0.3) is 0 Å². The number of hydrogen-bond donors (Lipinski definition) is 2. The molecule has 6 nitrogen and oxygen atoms in total. The molecule has 26 heavy (non-hydrogen) atoms. The molecule has 0 saturated heterocycles. The third-order valence-electron chi connectivity index (χ3n) is 3.96. The van der Waals surface area contributed by atoms with Crippen LogP contribution < -0.4 is 10.6 Å². The van der Waals surface area contributed by atoms with Crippen molar-refractivity contribution in [1.29, 1.82) is 0 Å². The smallest absolute Gasteiger partial charge is 0.191 e. The van der Waals surface area contributed by atoms with Crippen LogP contribution in [0.2, 0.25) is 0 Å². The molecule has 2 N–H and O–H groups in total. The Kier molecular flexibility index (Phi) is 8.69. The lowest BCUT2D eigenvalue weighted by atomic mass is 10.1. The van der Waals surface area contributed by atoms with Gasteiger partial charge in [-0.3, -0.25) is 9.67 Å². The Balaban J connectivity index is 1.70. The summed E-state index contributed by atoms with van der Waals surface area (Å²) in [6, 6.07) is 10.4. The van der Waals surface area contributed by atoms with Crippen LogP contribution in [0.15, 0.2) is 47.7 Å². The average Bonchev–Trinajstić information content (AvgIpc) is 3.13. The predicted molar refractivity (Wildman–Crippen MR) is 106 cm³/mol. The van der Waals surface area contributed by atoms with Gasteiger partial charge >= 0.3 is 0 Å². The molecule has 2 aromatic rings. The molecular weight excluding hydrogens is 326 g/mol. The van der Waals surface area contributed by atoms with Crippen molar-refractivity contribution in [2.45, 2.75) is 33.4 Å². The highest BCUT2D eigenvalue weighted by molar-refractivity contribution is 5.79. The van der Waals surface area contributed by atoms with Crippen molar-refractivity contribution >= 4 is 5.96 Å². The molecule has 6 heteroatoms. The van der Waals surface area contributed by atoms with Crippen molar-refractivity contribution in [3.8, 4) is 0 Å².